The van der Waals surface area contributed by atoms with E-state index in [2.05, 4.69) is 39.6 Å². The molecule has 1 unspecified atom stereocenters. The number of carbonyl (C=O) groups is 1. The van der Waals surface area contributed by atoms with Crippen LogP contribution in [0.25, 0.3) is 10.9 Å². The number of hydrogen-bond donors (Lipinski definition) is 3. The van der Waals surface area contributed by atoms with E-state index in [1.165, 1.54) is 36.8 Å². The Hall–Kier alpha value is -2.01. The Morgan fingerprint density at radius 2 is 2.04 bits per heavy atom. The van der Waals surface area contributed by atoms with Crippen LogP contribution in [0.2, 0.25) is 0 Å². The molecule has 2 heterocycles. The molecule has 1 aliphatic heterocycles. The summed E-state index contributed by atoms with van der Waals surface area (Å²) < 4.78 is 0. The van der Waals surface area contributed by atoms with Crippen molar-refractivity contribution >= 4 is 16.9 Å². The minimum Gasteiger partial charge on any atom is -0.361 e. The number of unbranched alkanes of at least 4 members (excludes halogenated alkanes) is 1. The number of rotatable bonds is 8. The van der Waals surface area contributed by atoms with Gasteiger partial charge in [0.1, 0.15) is 0 Å². The number of nitrogens with zero attached hydrogens (tertiary/aromatic N) is 1. The lowest BCUT2D eigenvalue weighted by Crippen LogP contribution is -2.39. The van der Waals surface area contributed by atoms with Gasteiger partial charge >= 0.3 is 6.03 Å². The van der Waals surface area contributed by atoms with Gasteiger partial charge in [-0.05, 0) is 63.7 Å². The van der Waals surface area contributed by atoms with E-state index in [0.29, 0.717) is 6.54 Å². The van der Waals surface area contributed by atoms with Gasteiger partial charge in [-0.15, -0.1) is 0 Å². The van der Waals surface area contributed by atoms with E-state index in [0.717, 1.165) is 43.9 Å². The van der Waals surface area contributed by atoms with Crippen molar-refractivity contribution in [3.63, 3.8) is 0 Å². The van der Waals surface area contributed by atoms with Gasteiger partial charge in [0.25, 0.3) is 0 Å². The van der Waals surface area contributed by atoms with E-state index in [9.17, 15) is 4.79 Å². The van der Waals surface area contributed by atoms with Crippen molar-refractivity contribution in [3.05, 3.63) is 36.0 Å². The fraction of sp³-hybridized carbons (Fsp3) is 0.571. The summed E-state index contributed by atoms with van der Waals surface area (Å²) in [5, 5.41) is 7.17. The second kappa shape index (κ2) is 9.62. The van der Waals surface area contributed by atoms with Crippen LogP contribution in [-0.2, 0) is 6.42 Å². The summed E-state index contributed by atoms with van der Waals surface area (Å²) in [6.45, 7) is 6.13. The number of piperidine rings is 1. The maximum atomic E-state index is 11.9. The summed E-state index contributed by atoms with van der Waals surface area (Å²) in [5.74, 6) is 0. The second-order valence-corrected chi connectivity index (χ2v) is 7.38. The van der Waals surface area contributed by atoms with Crippen LogP contribution in [0, 0.1) is 0 Å². The molecule has 0 aliphatic carbocycles. The SMILES string of the molecule is CC1CCCCN1CCCCNC(=O)NCCc1c[nH]c2ccccc12. The zero-order chi connectivity index (χ0) is 18.2. The number of benzene rings is 1. The van der Waals surface area contributed by atoms with Crippen LogP contribution in [-0.4, -0.2) is 48.1 Å². The first-order valence-corrected chi connectivity index (χ1v) is 10.0. The van der Waals surface area contributed by atoms with Gasteiger partial charge in [0.2, 0.25) is 0 Å². The highest BCUT2D eigenvalue weighted by atomic mass is 16.2. The molecule has 1 aliphatic rings. The van der Waals surface area contributed by atoms with Gasteiger partial charge in [-0.1, -0.05) is 24.6 Å². The van der Waals surface area contributed by atoms with Crippen LogP contribution < -0.4 is 10.6 Å². The van der Waals surface area contributed by atoms with Gasteiger partial charge < -0.3 is 20.5 Å². The molecular formula is C21H32N4O. The first-order chi connectivity index (χ1) is 12.7. The number of aromatic amines is 1. The Balaban J connectivity index is 1.26. The highest BCUT2D eigenvalue weighted by Crippen LogP contribution is 2.18. The summed E-state index contributed by atoms with van der Waals surface area (Å²) >= 11 is 0. The topological polar surface area (TPSA) is 60.2 Å². The van der Waals surface area contributed by atoms with Crippen molar-refractivity contribution in [2.45, 2.75) is 51.5 Å². The number of carbonyl (C=O) groups excluding carboxylic acids is 1. The van der Waals surface area contributed by atoms with E-state index in [-0.39, 0.29) is 6.03 Å². The van der Waals surface area contributed by atoms with Crippen molar-refractivity contribution < 1.29 is 4.79 Å². The third-order valence-electron chi connectivity index (χ3n) is 5.45. The molecule has 142 valence electrons. The van der Waals surface area contributed by atoms with Crippen LogP contribution in [0.1, 0.15) is 44.6 Å². The first-order valence-electron chi connectivity index (χ1n) is 10.0. The third kappa shape index (κ3) is 5.24. The van der Waals surface area contributed by atoms with E-state index < -0.39 is 0 Å². The highest BCUT2D eigenvalue weighted by molar-refractivity contribution is 5.83. The summed E-state index contributed by atoms with van der Waals surface area (Å²) in [5.41, 5.74) is 2.39. The number of amides is 2. The van der Waals surface area contributed by atoms with Gasteiger partial charge in [0.05, 0.1) is 0 Å². The summed E-state index contributed by atoms with van der Waals surface area (Å²) in [6, 6.07) is 8.93. The van der Waals surface area contributed by atoms with Gasteiger partial charge in [0, 0.05) is 36.2 Å². The number of nitrogens with one attached hydrogen (secondary N) is 3. The fourth-order valence-electron chi connectivity index (χ4n) is 3.84. The lowest BCUT2D eigenvalue weighted by molar-refractivity contribution is 0.158. The molecule has 5 heteroatoms. The molecule has 1 aromatic heterocycles. The Morgan fingerprint density at radius 3 is 2.92 bits per heavy atom. The van der Waals surface area contributed by atoms with Crippen LogP contribution in [0.3, 0.4) is 0 Å². The number of para-hydroxylation sites is 1. The summed E-state index contributed by atoms with van der Waals surface area (Å²) in [7, 11) is 0. The number of hydrogen-bond acceptors (Lipinski definition) is 2. The molecule has 0 bridgehead atoms. The standard InChI is InChI=1S/C21H32N4O/c1-17-8-4-6-14-25(17)15-7-5-12-22-21(26)23-13-11-18-16-24-20-10-3-2-9-19(18)20/h2-3,9-10,16-17,24H,4-8,11-15H2,1H3,(H2,22,23,26). The van der Waals surface area contributed by atoms with Crippen molar-refractivity contribution in [1.29, 1.82) is 0 Å². The molecular weight excluding hydrogens is 324 g/mol. The van der Waals surface area contributed by atoms with Crippen LogP contribution in [0.5, 0.6) is 0 Å². The second-order valence-electron chi connectivity index (χ2n) is 7.38. The van der Waals surface area contributed by atoms with E-state index in [1.54, 1.807) is 0 Å². The van der Waals surface area contributed by atoms with Crippen LogP contribution in [0.4, 0.5) is 4.79 Å². The van der Waals surface area contributed by atoms with Crippen molar-refractivity contribution in [1.82, 2.24) is 20.5 Å². The van der Waals surface area contributed by atoms with Crippen LogP contribution >= 0.6 is 0 Å². The number of likely N-dealkylation sites (tertiary alicyclic amines) is 1. The molecule has 3 N–H and O–H groups in total. The van der Waals surface area contributed by atoms with Gasteiger partial charge in [-0.25, -0.2) is 4.79 Å². The lowest BCUT2D eigenvalue weighted by Gasteiger charge is -2.33. The Kier molecular flexibility index (Phi) is 6.95. The van der Waals surface area contributed by atoms with Crippen molar-refractivity contribution in [2.75, 3.05) is 26.2 Å². The summed E-state index contributed by atoms with van der Waals surface area (Å²) in [4.78, 5) is 17.8. The van der Waals surface area contributed by atoms with E-state index in [4.69, 9.17) is 0 Å². The normalized spacial score (nSPS) is 18.1. The average Bonchev–Trinajstić information content (AvgIpc) is 3.06. The van der Waals surface area contributed by atoms with E-state index in [1.807, 2.05) is 18.3 Å². The Labute approximate surface area is 156 Å². The number of urea groups is 1. The van der Waals surface area contributed by atoms with E-state index >= 15 is 0 Å². The maximum Gasteiger partial charge on any atom is 0.314 e. The van der Waals surface area contributed by atoms with Crippen molar-refractivity contribution in [2.24, 2.45) is 0 Å². The molecule has 1 aromatic carbocycles. The maximum absolute atomic E-state index is 11.9. The molecule has 1 fully saturated rings. The third-order valence-corrected chi connectivity index (χ3v) is 5.45. The molecule has 1 saturated heterocycles. The summed E-state index contributed by atoms with van der Waals surface area (Å²) in [6.07, 6.45) is 9.10. The Bertz CT molecular complexity index is 696. The quantitative estimate of drug-likeness (QED) is 0.632. The fourth-order valence-corrected chi connectivity index (χ4v) is 3.84. The van der Waals surface area contributed by atoms with Crippen molar-refractivity contribution in [3.8, 4) is 0 Å². The molecule has 0 spiro atoms. The van der Waals surface area contributed by atoms with Crippen LogP contribution in [0.15, 0.2) is 30.5 Å². The Morgan fingerprint density at radius 1 is 1.19 bits per heavy atom. The average molecular weight is 357 g/mol. The van der Waals surface area contributed by atoms with Gasteiger partial charge in [0.15, 0.2) is 0 Å². The minimum absolute atomic E-state index is 0.0591. The van der Waals surface area contributed by atoms with Gasteiger partial charge in [-0.2, -0.15) is 0 Å². The molecule has 0 saturated carbocycles. The van der Waals surface area contributed by atoms with Gasteiger partial charge in [-0.3, -0.25) is 0 Å². The largest absolute Gasteiger partial charge is 0.361 e. The number of fused-ring (bicyclic) bond motifs is 1. The molecule has 2 amide bonds. The zero-order valence-electron chi connectivity index (χ0n) is 15.9. The minimum atomic E-state index is -0.0591. The smallest absolute Gasteiger partial charge is 0.314 e. The molecule has 1 atom stereocenters. The molecule has 2 aromatic rings. The molecule has 0 radical (unpaired) electrons. The molecule has 26 heavy (non-hydrogen) atoms. The molecule has 3 rings (SSSR count). The monoisotopic (exact) mass is 356 g/mol. The predicted molar refractivity (Wildman–Crippen MR) is 108 cm³/mol. The lowest BCUT2D eigenvalue weighted by atomic mass is 10.0. The number of H-pyrrole nitrogens is 1. The first kappa shape index (κ1) is 18.8. The molecule has 5 nitrogen and oxygen atoms in total. The highest BCUT2D eigenvalue weighted by Gasteiger charge is 2.16. The zero-order valence-corrected chi connectivity index (χ0v) is 15.9. The number of aromatic nitrogens is 1. The predicted octanol–water partition coefficient (Wildman–Crippen LogP) is 3.66.